The summed E-state index contributed by atoms with van der Waals surface area (Å²) in [7, 11) is 0. The Labute approximate surface area is 149 Å². The van der Waals surface area contributed by atoms with Gasteiger partial charge in [-0.15, -0.1) is 0 Å². The second-order valence-electron chi connectivity index (χ2n) is 5.93. The summed E-state index contributed by atoms with van der Waals surface area (Å²) in [6, 6.07) is 5.92. The van der Waals surface area contributed by atoms with Gasteiger partial charge in [0.2, 0.25) is 5.11 Å². The molecule has 1 aromatic rings. The van der Waals surface area contributed by atoms with Gasteiger partial charge in [-0.25, -0.2) is 0 Å². The quantitative estimate of drug-likeness (QED) is 0.270. The van der Waals surface area contributed by atoms with E-state index >= 15 is 0 Å². The summed E-state index contributed by atoms with van der Waals surface area (Å²) in [6.45, 7) is 0. The van der Waals surface area contributed by atoms with Gasteiger partial charge < -0.3 is 0 Å². The van der Waals surface area contributed by atoms with Crippen LogP contribution in [0, 0.1) is 10.1 Å². The minimum absolute atomic E-state index is 0.0386. The van der Waals surface area contributed by atoms with Crippen molar-refractivity contribution in [1.82, 2.24) is 9.91 Å². The molecule has 3 rings (SSSR count). The predicted octanol–water partition coefficient (Wildman–Crippen LogP) is 2.22. The molecule has 2 fully saturated rings. The molecule has 25 heavy (non-hydrogen) atoms. The lowest BCUT2D eigenvalue weighted by Crippen LogP contribution is -2.41. The first-order valence-electron chi connectivity index (χ1n) is 7.99. The lowest BCUT2D eigenvalue weighted by atomic mass is 9.94. The van der Waals surface area contributed by atoms with E-state index in [1.165, 1.54) is 29.3 Å². The fourth-order valence-corrected chi connectivity index (χ4v) is 3.48. The van der Waals surface area contributed by atoms with Crippen LogP contribution in [-0.4, -0.2) is 44.0 Å². The maximum absolute atomic E-state index is 12.3. The first-order chi connectivity index (χ1) is 12.0. The van der Waals surface area contributed by atoms with Crippen LogP contribution in [0.25, 0.3) is 0 Å². The van der Waals surface area contributed by atoms with Crippen LogP contribution in [0.15, 0.2) is 29.4 Å². The summed E-state index contributed by atoms with van der Waals surface area (Å²) >= 11 is 5.26. The molecular formula is C16H16N4O4S. The zero-order chi connectivity index (χ0) is 18.0. The van der Waals surface area contributed by atoms with E-state index in [4.69, 9.17) is 12.2 Å². The lowest BCUT2D eigenvalue weighted by molar-refractivity contribution is -0.385. The number of hydrogen-bond donors (Lipinski definition) is 0. The third-order valence-corrected chi connectivity index (χ3v) is 4.74. The Hall–Kier alpha value is -2.68. The van der Waals surface area contributed by atoms with E-state index in [-0.39, 0.29) is 22.4 Å². The number of nitrogens with zero attached hydrogens (tertiary/aromatic N) is 4. The monoisotopic (exact) mass is 360 g/mol. The van der Waals surface area contributed by atoms with E-state index in [0.29, 0.717) is 0 Å². The molecule has 2 amide bonds. The van der Waals surface area contributed by atoms with Crippen molar-refractivity contribution in [1.29, 1.82) is 0 Å². The van der Waals surface area contributed by atoms with Crippen LogP contribution < -0.4 is 0 Å². The maximum Gasteiger partial charge on any atom is 0.339 e. The molecule has 9 heteroatoms. The summed E-state index contributed by atoms with van der Waals surface area (Å²) < 4.78 is 0. The molecule has 2 aliphatic rings. The van der Waals surface area contributed by atoms with Crippen LogP contribution in [0.5, 0.6) is 0 Å². The number of nitro groups is 1. The van der Waals surface area contributed by atoms with Crippen LogP contribution in [0.2, 0.25) is 0 Å². The van der Waals surface area contributed by atoms with Gasteiger partial charge in [0.05, 0.1) is 16.7 Å². The van der Waals surface area contributed by atoms with Gasteiger partial charge in [-0.2, -0.15) is 10.1 Å². The number of carbonyl (C=O) groups excluding carboxylic acids is 2. The van der Waals surface area contributed by atoms with Gasteiger partial charge in [-0.1, -0.05) is 31.4 Å². The van der Waals surface area contributed by atoms with Gasteiger partial charge in [-0.05, 0) is 31.1 Å². The molecule has 1 saturated heterocycles. The van der Waals surface area contributed by atoms with Crippen molar-refractivity contribution < 1.29 is 14.5 Å². The van der Waals surface area contributed by atoms with Gasteiger partial charge in [0, 0.05) is 12.1 Å². The molecule has 1 aliphatic heterocycles. The molecule has 0 aromatic heterocycles. The predicted molar refractivity (Wildman–Crippen MR) is 93.9 cm³/mol. The number of thiocarbonyl (C=S) groups is 1. The average molecular weight is 360 g/mol. The summed E-state index contributed by atoms with van der Waals surface area (Å²) in [6.07, 6.45) is 5.88. The first kappa shape index (κ1) is 17.2. The first-order valence-corrected chi connectivity index (χ1v) is 8.40. The number of hydrogen-bond acceptors (Lipinski definition) is 6. The molecule has 1 heterocycles. The Bertz CT molecular complexity index is 773. The molecule has 0 unspecified atom stereocenters. The molecule has 0 radical (unpaired) electrons. The molecule has 1 saturated carbocycles. The molecule has 0 bridgehead atoms. The summed E-state index contributed by atoms with van der Waals surface area (Å²) in [5, 5.41) is 15.9. The Kier molecular flexibility index (Phi) is 4.84. The van der Waals surface area contributed by atoms with Crippen LogP contribution in [0.3, 0.4) is 0 Å². The fraction of sp³-hybridized carbons (Fsp3) is 0.375. The second-order valence-corrected chi connectivity index (χ2v) is 6.29. The maximum atomic E-state index is 12.3. The van der Waals surface area contributed by atoms with Gasteiger partial charge in [0.1, 0.15) is 0 Å². The Morgan fingerprint density at radius 3 is 2.52 bits per heavy atom. The normalized spacial score (nSPS) is 19.3. The smallest absolute Gasteiger partial charge is 0.276 e. The third-order valence-electron chi connectivity index (χ3n) is 4.37. The van der Waals surface area contributed by atoms with E-state index in [9.17, 15) is 19.7 Å². The minimum Gasteiger partial charge on any atom is -0.276 e. The molecule has 130 valence electrons. The Balaban J connectivity index is 1.83. The van der Waals surface area contributed by atoms with Gasteiger partial charge >= 0.3 is 11.8 Å². The van der Waals surface area contributed by atoms with Gasteiger partial charge in [-0.3, -0.25) is 24.6 Å². The molecule has 0 N–H and O–H groups in total. The van der Waals surface area contributed by atoms with Crippen molar-refractivity contribution in [3.63, 3.8) is 0 Å². The van der Waals surface area contributed by atoms with E-state index in [2.05, 4.69) is 5.10 Å². The van der Waals surface area contributed by atoms with Crippen molar-refractivity contribution in [2.24, 2.45) is 5.10 Å². The average Bonchev–Trinajstić information content (AvgIpc) is 2.83. The number of nitro benzene ring substituents is 1. The van der Waals surface area contributed by atoms with Crippen molar-refractivity contribution in [3.8, 4) is 0 Å². The molecular weight excluding hydrogens is 344 g/mol. The van der Waals surface area contributed by atoms with Crippen LogP contribution in [0.1, 0.15) is 37.7 Å². The lowest BCUT2D eigenvalue weighted by Gasteiger charge is -2.29. The summed E-state index contributed by atoms with van der Waals surface area (Å²) in [4.78, 5) is 36.3. The largest absolute Gasteiger partial charge is 0.339 e. The van der Waals surface area contributed by atoms with E-state index < -0.39 is 16.7 Å². The van der Waals surface area contributed by atoms with Gasteiger partial charge in [0.25, 0.3) is 5.69 Å². The zero-order valence-electron chi connectivity index (χ0n) is 13.3. The summed E-state index contributed by atoms with van der Waals surface area (Å²) in [5.41, 5.74) is 0.0888. The number of amides is 2. The highest BCUT2D eigenvalue weighted by Crippen LogP contribution is 2.27. The molecule has 1 aliphatic carbocycles. The molecule has 1 aromatic carbocycles. The van der Waals surface area contributed by atoms with Gasteiger partial charge in [0.15, 0.2) is 0 Å². The fourth-order valence-electron chi connectivity index (χ4n) is 3.12. The highest BCUT2D eigenvalue weighted by Gasteiger charge is 2.45. The van der Waals surface area contributed by atoms with E-state index in [1.807, 2.05) is 0 Å². The number of carbonyl (C=O) groups is 2. The number of rotatable bonds is 4. The molecule has 0 spiro atoms. The van der Waals surface area contributed by atoms with Crippen LogP contribution in [0.4, 0.5) is 5.69 Å². The zero-order valence-corrected chi connectivity index (χ0v) is 14.1. The molecule has 8 nitrogen and oxygen atoms in total. The second kappa shape index (κ2) is 7.06. The van der Waals surface area contributed by atoms with Crippen molar-refractivity contribution in [3.05, 3.63) is 39.9 Å². The minimum atomic E-state index is -0.828. The third kappa shape index (κ3) is 3.27. The van der Waals surface area contributed by atoms with Crippen molar-refractivity contribution in [2.45, 2.75) is 38.1 Å². The number of para-hydroxylation sites is 1. The SMILES string of the molecule is O=C1C(=O)N(C2CCCCC2)C(=S)N1/N=C/c1ccccc1[N+](=O)[O-]. The van der Waals surface area contributed by atoms with Crippen LogP contribution in [-0.2, 0) is 9.59 Å². The standard InChI is InChI=1S/C16H16N4O4S/c21-14-15(22)19(16(25)18(14)12-7-2-1-3-8-12)17-10-11-6-4-5-9-13(11)20(23)24/h4-6,9-10,12H,1-3,7-8H2/b17-10+. The Morgan fingerprint density at radius 2 is 1.84 bits per heavy atom. The highest BCUT2D eigenvalue weighted by molar-refractivity contribution is 7.80. The number of benzene rings is 1. The highest BCUT2D eigenvalue weighted by atomic mass is 32.1. The van der Waals surface area contributed by atoms with Crippen LogP contribution >= 0.6 is 12.2 Å². The number of hydrazone groups is 1. The van der Waals surface area contributed by atoms with Crippen molar-refractivity contribution in [2.75, 3.05) is 0 Å². The topological polar surface area (TPSA) is 96.1 Å². The van der Waals surface area contributed by atoms with E-state index in [1.54, 1.807) is 6.07 Å². The summed E-state index contributed by atoms with van der Waals surface area (Å²) in [5.74, 6) is -1.51. The van der Waals surface area contributed by atoms with Crippen molar-refractivity contribution >= 4 is 41.0 Å². The molecule has 0 atom stereocenters. The van der Waals surface area contributed by atoms with E-state index in [0.717, 1.165) is 37.1 Å². The Morgan fingerprint density at radius 1 is 1.16 bits per heavy atom.